The Balaban J connectivity index is 1.54. The van der Waals surface area contributed by atoms with Gasteiger partial charge in [0.1, 0.15) is 5.75 Å². The SMILES string of the molecule is COc1ccc(C)cc1CC(=O)N1CCN(Cc2ccccc2)CC1. The fourth-order valence-electron chi connectivity index (χ4n) is 3.32. The molecular formula is C21H26N2O2. The Kier molecular flexibility index (Phi) is 5.71. The van der Waals surface area contributed by atoms with Crippen molar-refractivity contribution in [1.29, 1.82) is 0 Å². The molecule has 132 valence electrons. The molecule has 0 atom stereocenters. The normalized spacial score (nSPS) is 15.2. The first kappa shape index (κ1) is 17.5. The van der Waals surface area contributed by atoms with Crippen molar-refractivity contribution in [3.05, 3.63) is 65.2 Å². The molecule has 4 nitrogen and oxygen atoms in total. The zero-order valence-corrected chi connectivity index (χ0v) is 15.1. The van der Waals surface area contributed by atoms with Crippen LogP contribution < -0.4 is 4.74 Å². The third-order valence-corrected chi connectivity index (χ3v) is 4.75. The number of aryl methyl sites for hydroxylation is 1. The molecule has 0 bridgehead atoms. The Morgan fingerprint density at radius 1 is 1.04 bits per heavy atom. The van der Waals surface area contributed by atoms with E-state index in [0.29, 0.717) is 6.42 Å². The summed E-state index contributed by atoms with van der Waals surface area (Å²) in [6.45, 7) is 6.42. The van der Waals surface area contributed by atoms with Gasteiger partial charge >= 0.3 is 0 Å². The number of amides is 1. The fraction of sp³-hybridized carbons (Fsp3) is 0.381. The van der Waals surface area contributed by atoms with Crippen molar-refractivity contribution in [3.8, 4) is 5.75 Å². The van der Waals surface area contributed by atoms with Crippen LogP contribution in [0.5, 0.6) is 5.75 Å². The van der Waals surface area contributed by atoms with Crippen molar-refractivity contribution in [3.63, 3.8) is 0 Å². The van der Waals surface area contributed by atoms with Crippen LogP contribution in [0.2, 0.25) is 0 Å². The Morgan fingerprint density at radius 3 is 2.44 bits per heavy atom. The predicted molar refractivity (Wildman–Crippen MR) is 99.7 cm³/mol. The molecule has 3 rings (SSSR count). The summed E-state index contributed by atoms with van der Waals surface area (Å²) in [5, 5.41) is 0. The molecule has 1 fully saturated rings. The number of carbonyl (C=O) groups excluding carboxylic acids is 1. The molecule has 0 spiro atoms. The van der Waals surface area contributed by atoms with Gasteiger partial charge in [-0.05, 0) is 18.6 Å². The summed E-state index contributed by atoms with van der Waals surface area (Å²) in [7, 11) is 1.65. The largest absolute Gasteiger partial charge is 0.496 e. The number of piperazine rings is 1. The second kappa shape index (κ2) is 8.17. The second-order valence-corrected chi connectivity index (χ2v) is 6.63. The van der Waals surface area contributed by atoms with Gasteiger partial charge in [0.2, 0.25) is 5.91 Å². The van der Waals surface area contributed by atoms with Crippen LogP contribution in [0.4, 0.5) is 0 Å². The Morgan fingerprint density at radius 2 is 1.76 bits per heavy atom. The monoisotopic (exact) mass is 338 g/mol. The number of benzene rings is 2. The van der Waals surface area contributed by atoms with Gasteiger partial charge in [0.15, 0.2) is 0 Å². The van der Waals surface area contributed by atoms with E-state index in [2.05, 4.69) is 29.2 Å². The molecule has 1 amide bonds. The van der Waals surface area contributed by atoms with Gasteiger partial charge in [-0.25, -0.2) is 0 Å². The van der Waals surface area contributed by atoms with Crippen LogP contribution in [0.3, 0.4) is 0 Å². The van der Waals surface area contributed by atoms with E-state index in [-0.39, 0.29) is 5.91 Å². The lowest BCUT2D eigenvalue weighted by Gasteiger charge is -2.35. The highest BCUT2D eigenvalue weighted by molar-refractivity contribution is 5.79. The van der Waals surface area contributed by atoms with Gasteiger partial charge in [0.25, 0.3) is 0 Å². The molecule has 4 heteroatoms. The first-order chi connectivity index (χ1) is 12.2. The van der Waals surface area contributed by atoms with E-state index < -0.39 is 0 Å². The highest BCUT2D eigenvalue weighted by atomic mass is 16.5. The molecule has 0 radical (unpaired) electrons. The van der Waals surface area contributed by atoms with Crippen LogP contribution in [0.25, 0.3) is 0 Å². The van der Waals surface area contributed by atoms with E-state index in [0.717, 1.165) is 49.6 Å². The fourth-order valence-corrected chi connectivity index (χ4v) is 3.32. The first-order valence-electron chi connectivity index (χ1n) is 8.83. The number of methoxy groups -OCH3 is 1. The van der Waals surface area contributed by atoms with Crippen molar-refractivity contribution in [2.75, 3.05) is 33.3 Å². The molecule has 2 aromatic rings. The minimum atomic E-state index is 0.184. The summed E-state index contributed by atoms with van der Waals surface area (Å²) in [6, 6.07) is 16.5. The predicted octanol–water partition coefficient (Wildman–Crippen LogP) is 2.89. The molecule has 0 unspecified atom stereocenters. The van der Waals surface area contributed by atoms with Crippen LogP contribution >= 0.6 is 0 Å². The Labute approximate surface area is 150 Å². The first-order valence-corrected chi connectivity index (χ1v) is 8.83. The molecule has 25 heavy (non-hydrogen) atoms. The maximum absolute atomic E-state index is 12.7. The van der Waals surface area contributed by atoms with Gasteiger partial charge in [0.05, 0.1) is 13.5 Å². The van der Waals surface area contributed by atoms with Crippen LogP contribution in [0.15, 0.2) is 48.5 Å². The van der Waals surface area contributed by atoms with E-state index in [9.17, 15) is 4.79 Å². The van der Waals surface area contributed by atoms with Gasteiger partial charge in [-0.15, -0.1) is 0 Å². The maximum Gasteiger partial charge on any atom is 0.227 e. The minimum Gasteiger partial charge on any atom is -0.496 e. The molecule has 0 saturated carbocycles. The molecule has 1 aliphatic heterocycles. The molecule has 1 heterocycles. The van der Waals surface area contributed by atoms with E-state index in [1.165, 1.54) is 5.56 Å². The summed E-state index contributed by atoms with van der Waals surface area (Å²) in [6.07, 6.45) is 0.406. The summed E-state index contributed by atoms with van der Waals surface area (Å²) < 4.78 is 5.39. The van der Waals surface area contributed by atoms with Crippen molar-refractivity contribution < 1.29 is 9.53 Å². The summed E-state index contributed by atoms with van der Waals surface area (Å²) in [5.41, 5.74) is 3.45. The number of carbonyl (C=O) groups is 1. The lowest BCUT2D eigenvalue weighted by molar-refractivity contribution is -0.132. The maximum atomic E-state index is 12.7. The topological polar surface area (TPSA) is 32.8 Å². The standard InChI is InChI=1S/C21H26N2O2/c1-17-8-9-20(25-2)19(14-17)15-21(24)23-12-10-22(11-13-23)16-18-6-4-3-5-7-18/h3-9,14H,10-13,15-16H2,1-2H3. The van der Waals surface area contributed by atoms with Crippen LogP contribution in [0, 0.1) is 6.92 Å². The van der Waals surface area contributed by atoms with E-state index in [4.69, 9.17) is 4.74 Å². The van der Waals surface area contributed by atoms with Gasteiger partial charge in [-0.3, -0.25) is 9.69 Å². The Hall–Kier alpha value is -2.33. The summed E-state index contributed by atoms with van der Waals surface area (Å²) in [5.74, 6) is 0.977. The molecule has 0 N–H and O–H groups in total. The molecule has 2 aromatic carbocycles. The second-order valence-electron chi connectivity index (χ2n) is 6.63. The van der Waals surface area contributed by atoms with Gasteiger partial charge in [-0.1, -0.05) is 48.0 Å². The smallest absolute Gasteiger partial charge is 0.227 e. The highest BCUT2D eigenvalue weighted by Crippen LogP contribution is 2.21. The lowest BCUT2D eigenvalue weighted by Crippen LogP contribution is -2.48. The zero-order chi connectivity index (χ0) is 17.6. The molecule has 0 aromatic heterocycles. The average Bonchev–Trinajstić information content (AvgIpc) is 2.63. The summed E-state index contributed by atoms with van der Waals surface area (Å²) >= 11 is 0. The Bertz CT molecular complexity index is 707. The molecule has 1 aliphatic rings. The van der Waals surface area contributed by atoms with Crippen molar-refractivity contribution in [1.82, 2.24) is 9.80 Å². The molecule has 1 saturated heterocycles. The quantitative estimate of drug-likeness (QED) is 0.840. The number of nitrogens with zero attached hydrogens (tertiary/aromatic N) is 2. The van der Waals surface area contributed by atoms with E-state index >= 15 is 0 Å². The van der Waals surface area contributed by atoms with E-state index in [1.807, 2.05) is 36.1 Å². The van der Waals surface area contributed by atoms with E-state index in [1.54, 1.807) is 7.11 Å². The number of hydrogen-bond acceptors (Lipinski definition) is 3. The van der Waals surface area contributed by atoms with Crippen LogP contribution in [-0.4, -0.2) is 49.0 Å². The van der Waals surface area contributed by atoms with Crippen LogP contribution in [-0.2, 0) is 17.8 Å². The van der Waals surface area contributed by atoms with Crippen molar-refractivity contribution >= 4 is 5.91 Å². The van der Waals surface area contributed by atoms with Gasteiger partial charge < -0.3 is 9.64 Å². The van der Waals surface area contributed by atoms with Gasteiger partial charge in [-0.2, -0.15) is 0 Å². The van der Waals surface area contributed by atoms with Crippen LogP contribution in [0.1, 0.15) is 16.7 Å². The lowest BCUT2D eigenvalue weighted by atomic mass is 10.1. The minimum absolute atomic E-state index is 0.184. The summed E-state index contributed by atoms with van der Waals surface area (Å²) in [4.78, 5) is 17.0. The number of ether oxygens (including phenoxy) is 1. The highest BCUT2D eigenvalue weighted by Gasteiger charge is 2.22. The van der Waals surface area contributed by atoms with Crippen molar-refractivity contribution in [2.45, 2.75) is 19.9 Å². The number of rotatable bonds is 5. The third-order valence-electron chi connectivity index (χ3n) is 4.75. The molecule has 0 aliphatic carbocycles. The zero-order valence-electron chi connectivity index (χ0n) is 15.1. The average molecular weight is 338 g/mol. The third kappa shape index (κ3) is 4.60. The van der Waals surface area contributed by atoms with Crippen molar-refractivity contribution in [2.24, 2.45) is 0 Å². The molecular weight excluding hydrogens is 312 g/mol. The number of hydrogen-bond donors (Lipinski definition) is 0. The van der Waals surface area contributed by atoms with Gasteiger partial charge in [0, 0.05) is 38.3 Å².